The summed E-state index contributed by atoms with van der Waals surface area (Å²) in [5, 5.41) is 0.618. The minimum absolute atomic E-state index is 0.0576. The van der Waals surface area contributed by atoms with Crippen molar-refractivity contribution in [2.45, 2.75) is 19.0 Å². The Morgan fingerprint density at radius 2 is 2.00 bits per heavy atom. The van der Waals surface area contributed by atoms with Gasteiger partial charge in [0.15, 0.2) is 5.76 Å². The van der Waals surface area contributed by atoms with E-state index in [4.69, 9.17) is 4.42 Å². The van der Waals surface area contributed by atoms with Crippen molar-refractivity contribution in [1.29, 1.82) is 0 Å². The average Bonchev–Trinajstić information content (AvgIpc) is 3.21. The number of amides is 1. The summed E-state index contributed by atoms with van der Waals surface area (Å²) < 4.78 is 44.7. The van der Waals surface area contributed by atoms with Gasteiger partial charge in [0.1, 0.15) is 5.69 Å². The van der Waals surface area contributed by atoms with Crippen LogP contribution in [0.5, 0.6) is 0 Å². The number of pyridine rings is 1. The summed E-state index contributed by atoms with van der Waals surface area (Å²) in [7, 11) is 0. The van der Waals surface area contributed by atoms with Crippen LogP contribution in [-0.2, 0) is 0 Å². The molecule has 0 spiro atoms. The van der Waals surface area contributed by atoms with Gasteiger partial charge in [-0.1, -0.05) is 18.2 Å². The zero-order valence-electron chi connectivity index (χ0n) is 14.4. The topological polar surface area (TPSA) is 46.3 Å². The smallest absolute Gasteiger partial charge is 0.393 e. The lowest BCUT2D eigenvalue weighted by molar-refractivity contribution is -0.184. The lowest BCUT2D eigenvalue weighted by atomic mass is 9.96. The van der Waals surface area contributed by atoms with Gasteiger partial charge in [-0.25, -0.2) is 4.98 Å². The van der Waals surface area contributed by atoms with Gasteiger partial charge >= 0.3 is 6.18 Å². The highest BCUT2D eigenvalue weighted by Gasteiger charge is 2.42. The molecule has 1 saturated heterocycles. The predicted molar refractivity (Wildman–Crippen MR) is 94.1 cm³/mol. The van der Waals surface area contributed by atoms with Crippen LogP contribution in [0.4, 0.5) is 13.2 Å². The molecular weight excluding hydrogens is 357 g/mol. The van der Waals surface area contributed by atoms with Gasteiger partial charge in [0.25, 0.3) is 5.91 Å². The fourth-order valence-corrected chi connectivity index (χ4v) is 3.50. The lowest BCUT2D eigenvalue weighted by Crippen LogP contribution is -2.44. The number of hydrogen-bond acceptors (Lipinski definition) is 3. The van der Waals surface area contributed by atoms with Crippen LogP contribution in [0, 0.1) is 5.92 Å². The first-order chi connectivity index (χ1) is 12.9. The zero-order valence-corrected chi connectivity index (χ0v) is 14.4. The molecule has 0 bridgehead atoms. The molecule has 4 rings (SSSR count). The van der Waals surface area contributed by atoms with Crippen molar-refractivity contribution in [3.05, 3.63) is 54.3 Å². The van der Waals surface area contributed by atoms with E-state index in [9.17, 15) is 18.0 Å². The number of piperidine rings is 1. The Labute approximate surface area is 153 Å². The van der Waals surface area contributed by atoms with Crippen LogP contribution in [0.25, 0.3) is 22.4 Å². The van der Waals surface area contributed by atoms with Gasteiger partial charge in [-0.3, -0.25) is 4.79 Å². The number of rotatable bonds is 2. The molecule has 0 radical (unpaired) electrons. The molecule has 7 heteroatoms. The molecule has 140 valence electrons. The fourth-order valence-electron chi connectivity index (χ4n) is 3.50. The number of nitrogens with zero attached hydrogens (tertiary/aromatic N) is 2. The molecule has 0 N–H and O–H groups in total. The number of para-hydroxylation sites is 1. The second kappa shape index (κ2) is 6.72. The molecule has 0 aliphatic carbocycles. The van der Waals surface area contributed by atoms with Crippen molar-refractivity contribution in [1.82, 2.24) is 9.88 Å². The van der Waals surface area contributed by atoms with Crippen LogP contribution in [0.1, 0.15) is 23.2 Å². The van der Waals surface area contributed by atoms with Crippen molar-refractivity contribution in [2.75, 3.05) is 13.1 Å². The molecule has 1 aliphatic rings. The SMILES string of the molecule is O=C(c1cc(-c2ccco2)nc2ccccc12)N1CCC[C@@H](C(F)(F)F)C1. The number of carbonyl (C=O) groups is 1. The number of halogens is 3. The Morgan fingerprint density at radius 3 is 2.74 bits per heavy atom. The van der Waals surface area contributed by atoms with Gasteiger partial charge in [-0.2, -0.15) is 13.2 Å². The molecule has 1 aromatic carbocycles. The number of aromatic nitrogens is 1. The second-order valence-corrected chi connectivity index (χ2v) is 6.68. The van der Waals surface area contributed by atoms with E-state index in [0.29, 0.717) is 40.9 Å². The minimum Gasteiger partial charge on any atom is -0.463 e. The molecule has 3 heterocycles. The quantitative estimate of drug-likeness (QED) is 0.640. The Balaban J connectivity index is 1.75. The number of fused-ring (bicyclic) bond motifs is 1. The summed E-state index contributed by atoms with van der Waals surface area (Å²) >= 11 is 0. The molecule has 4 nitrogen and oxygen atoms in total. The standard InChI is InChI=1S/C20H17F3N2O2/c21-20(22,23)13-5-3-9-25(12-13)19(26)15-11-17(18-8-4-10-27-18)24-16-7-2-1-6-14(15)16/h1-2,4,6-8,10-11,13H,3,5,9,12H2/t13-/m1/s1. The first-order valence-corrected chi connectivity index (χ1v) is 8.73. The number of alkyl halides is 3. The van der Waals surface area contributed by atoms with Gasteiger partial charge in [0.05, 0.1) is 23.3 Å². The maximum absolute atomic E-state index is 13.1. The largest absolute Gasteiger partial charge is 0.463 e. The molecule has 1 aliphatic heterocycles. The highest BCUT2D eigenvalue weighted by atomic mass is 19.4. The summed E-state index contributed by atoms with van der Waals surface area (Å²) in [6.07, 6.45) is -2.39. The van der Waals surface area contributed by atoms with Crippen LogP contribution in [-0.4, -0.2) is 35.1 Å². The molecule has 27 heavy (non-hydrogen) atoms. The van der Waals surface area contributed by atoms with Crippen LogP contribution in [0.2, 0.25) is 0 Å². The Bertz CT molecular complexity index is 967. The molecule has 2 aromatic heterocycles. The average molecular weight is 374 g/mol. The van der Waals surface area contributed by atoms with E-state index in [1.54, 1.807) is 42.5 Å². The Hall–Kier alpha value is -2.83. The molecule has 0 saturated carbocycles. The number of hydrogen-bond donors (Lipinski definition) is 0. The number of furan rings is 1. The van der Waals surface area contributed by atoms with E-state index < -0.39 is 18.0 Å². The molecule has 3 aromatic rings. The molecule has 1 amide bonds. The Kier molecular flexibility index (Phi) is 4.37. The van der Waals surface area contributed by atoms with E-state index in [1.807, 2.05) is 0 Å². The summed E-state index contributed by atoms with van der Waals surface area (Å²) in [4.78, 5) is 18.9. The van der Waals surface area contributed by atoms with Gasteiger partial charge in [-0.05, 0) is 37.1 Å². The van der Waals surface area contributed by atoms with Crippen LogP contribution >= 0.6 is 0 Å². The maximum atomic E-state index is 13.1. The highest BCUT2D eigenvalue weighted by Crippen LogP contribution is 2.34. The van der Waals surface area contributed by atoms with Crippen LogP contribution in [0.15, 0.2) is 53.1 Å². The van der Waals surface area contributed by atoms with E-state index >= 15 is 0 Å². The summed E-state index contributed by atoms with van der Waals surface area (Å²) in [6, 6.07) is 12.1. The van der Waals surface area contributed by atoms with E-state index in [2.05, 4.69) is 4.98 Å². The van der Waals surface area contributed by atoms with E-state index in [1.165, 1.54) is 11.2 Å². The van der Waals surface area contributed by atoms with E-state index in [0.717, 1.165) is 0 Å². The third-order valence-corrected chi connectivity index (χ3v) is 4.89. The van der Waals surface area contributed by atoms with Gasteiger partial charge in [0, 0.05) is 18.5 Å². The highest BCUT2D eigenvalue weighted by molar-refractivity contribution is 6.07. The Morgan fingerprint density at radius 1 is 1.19 bits per heavy atom. The van der Waals surface area contributed by atoms with Crippen LogP contribution < -0.4 is 0 Å². The van der Waals surface area contributed by atoms with E-state index in [-0.39, 0.29) is 13.0 Å². The zero-order chi connectivity index (χ0) is 19.0. The van der Waals surface area contributed by atoms with Crippen molar-refractivity contribution in [2.24, 2.45) is 5.92 Å². The van der Waals surface area contributed by atoms with Crippen LogP contribution in [0.3, 0.4) is 0 Å². The van der Waals surface area contributed by atoms with Crippen molar-refractivity contribution < 1.29 is 22.4 Å². The molecule has 1 fully saturated rings. The first-order valence-electron chi connectivity index (χ1n) is 8.73. The van der Waals surface area contributed by atoms with Crippen molar-refractivity contribution in [3.8, 4) is 11.5 Å². The number of carbonyl (C=O) groups excluding carboxylic acids is 1. The second-order valence-electron chi connectivity index (χ2n) is 6.68. The summed E-state index contributed by atoms with van der Waals surface area (Å²) in [6.45, 7) is 0.00716. The minimum atomic E-state index is -4.29. The summed E-state index contributed by atoms with van der Waals surface area (Å²) in [5.74, 6) is -1.38. The lowest BCUT2D eigenvalue weighted by Gasteiger charge is -2.34. The van der Waals surface area contributed by atoms with Crippen molar-refractivity contribution >= 4 is 16.8 Å². The number of likely N-dealkylation sites (tertiary alicyclic amines) is 1. The van der Waals surface area contributed by atoms with Crippen molar-refractivity contribution in [3.63, 3.8) is 0 Å². The summed E-state index contributed by atoms with van der Waals surface area (Å²) in [5.41, 5.74) is 1.42. The van der Waals surface area contributed by atoms with Gasteiger partial charge in [-0.15, -0.1) is 0 Å². The molecular formula is C20H17F3N2O2. The number of benzene rings is 1. The normalized spacial score (nSPS) is 18.0. The maximum Gasteiger partial charge on any atom is 0.393 e. The fraction of sp³-hybridized carbons (Fsp3) is 0.300. The van der Waals surface area contributed by atoms with Gasteiger partial charge < -0.3 is 9.32 Å². The third kappa shape index (κ3) is 3.41. The molecule has 0 unspecified atom stereocenters. The van der Waals surface area contributed by atoms with Gasteiger partial charge in [0.2, 0.25) is 0 Å². The monoisotopic (exact) mass is 374 g/mol. The molecule has 1 atom stereocenters. The third-order valence-electron chi connectivity index (χ3n) is 4.89. The predicted octanol–water partition coefficient (Wildman–Crippen LogP) is 4.91. The first kappa shape index (κ1) is 17.6.